The second-order valence-corrected chi connectivity index (χ2v) is 10.5. The summed E-state index contributed by atoms with van der Waals surface area (Å²) in [4.78, 5) is 27.3. The van der Waals surface area contributed by atoms with Gasteiger partial charge in [0.1, 0.15) is 6.54 Å². The minimum absolute atomic E-state index is 0.00751. The van der Waals surface area contributed by atoms with Gasteiger partial charge in [-0.1, -0.05) is 41.7 Å². The summed E-state index contributed by atoms with van der Waals surface area (Å²) >= 11 is 1.14. The highest BCUT2D eigenvalue weighted by Crippen LogP contribution is 2.23. The highest BCUT2D eigenvalue weighted by atomic mass is 32.2. The molecule has 1 aromatic heterocycles. The van der Waals surface area contributed by atoms with E-state index in [9.17, 15) is 18.0 Å². The van der Waals surface area contributed by atoms with E-state index < -0.39 is 10.0 Å². The molecule has 9 heteroatoms. The topological polar surface area (TPSA) is 79.7 Å². The summed E-state index contributed by atoms with van der Waals surface area (Å²) in [7, 11) is -3.63. The molecule has 1 saturated heterocycles. The predicted octanol–water partition coefficient (Wildman–Crippen LogP) is 2.21. The van der Waals surface area contributed by atoms with Crippen molar-refractivity contribution in [2.45, 2.75) is 25.3 Å². The Morgan fingerprint density at radius 2 is 1.67 bits per heavy atom. The Kier molecular flexibility index (Phi) is 5.52. The molecule has 30 heavy (non-hydrogen) atoms. The number of aryl methyl sites for hydroxylation is 1. The fourth-order valence-electron chi connectivity index (χ4n) is 3.66. The summed E-state index contributed by atoms with van der Waals surface area (Å²) in [5.41, 5.74) is 0.802. The van der Waals surface area contributed by atoms with Crippen LogP contribution in [0.1, 0.15) is 10.6 Å². The van der Waals surface area contributed by atoms with Gasteiger partial charge < -0.3 is 4.90 Å². The van der Waals surface area contributed by atoms with Gasteiger partial charge in [-0.2, -0.15) is 4.31 Å². The molecule has 0 spiro atoms. The molecule has 1 amide bonds. The van der Waals surface area contributed by atoms with Gasteiger partial charge in [-0.05, 0) is 36.8 Å². The molecule has 3 aromatic rings. The van der Waals surface area contributed by atoms with Crippen LogP contribution in [0.2, 0.25) is 0 Å². The number of rotatable bonds is 4. The molecule has 2 aromatic carbocycles. The largest absolute Gasteiger partial charge is 0.338 e. The number of thiazole rings is 1. The van der Waals surface area contributed by atoms with Crippen molar-refractivity contribution >= 4 is 38.0 Å². The molecule has 1 fully saturated rings. The van der Waals surface area contributed by atoms with E-state index in [2.05, 4.69) is 0 Å². The summed E-state index contributed by atoms with van der Waals surface area (Å²) in [6, 6.07) is 12.8. The van der Waals surface area contributed by atoms with Crippen LogP contribution in [-0.4, -0.2) is 54.3 Å². The average Bonchev–Trinajstić information content (AvgIpc) is 2.99. The zero-order valence-electron chi connectivity index (χ0n) is 16.9. The van der Waals surface area contributed by atoms with Crippen LogP contribution in [0.3, 0.4) is 0 Å². The fraction of sp³-hybridized carbons (Fsp3) is 0.333. The first-order valence-electron chi connectivity index (χ1n) is 9.71. The Morgan fingerprint density at radius 1 is 1.00 bits per heavy atom. The molecule has 4 rings (SSSR count). The number of piperazine rings is 1. The first-order valence-corrected chi connectivity index (χ1v) is 12.0. The molecule has 1 aliphatic rings. The molecular formula is C21H23N3O4S2. The van der Waals surface area contributed by atoms with E-state index in [-0.39, 0.29) is 35.3 Å². The third kappa shape index (κ3) is 3.80. The molecule has 2 heterocycles. The average molecular weight is 446 g/mol. The molecule has 1 aliphatic heterocycles. The number of benzene rings is 2. The Bertz CT molecular complexity index is 1270. The van der Waals surface area contributed by atoms with Crippen molar-refractivity contribution < 1.29 is 13.2 Å². The zero-order chi connectivity index (χ0) is 21.5. The van der Waals surface area contributed by atoms with Gasteiger partial charge in [0, 0.05) is 36.8 Å². The Hall–Kier alpha value is -2.49. The summed E-state index contributed by atoms with van der Waals surface area (Å²) in [6.07, 6.45) is 0. The normalized spacial score (nSPS) is 15.6. The smallest absolute Gasteiger partial charge is 0.308 e. The van der Waals surface area contributed by atoms with Crippen molar-refractivity contribution in [3.8, 4) is 0 Å². The number of hydrogen-bond acceptors (Lipinski definition) is 5. The summed E-state index contributed by atoms with van der Waals surface area (Å²) in [5, 5.41) is 1.86. The van der Waals surface area contributed by atoms with Gasteiger partial charge in [0.15, 0.2) is 0 Å². The van der Waals surface area contributed by atoms with Gasteiger partial charge >= 0.3 is 4.87 Å². The van der Waals surface area contributed by atoms with Gasteiger partial charge in [0.2, 0.25) is 15.9 Å². The lowest BCUT2D eigenvalue weighted by Gasteiger charge is -2.34. The maximum Gasteiger partial charge on any atom is 0.308 e. The Balaban J connectivity index is 1.45. The van der Waals surface area contributed by atoms with E-state index in [0.717, 1.165) is 32.7 Å². The Labute approximate surface area is 179 Å². The van der Waals surface area contributed by atoms with Crippen molar-refractivity contribution in [3.05, 3.63) is 62.7 Å². The van der Waals surface area contributed by atoms with E-state index in [4.69, 9.17) is 0 Å². The predicted molar refractivity (Wildman–Crippen MR) is 117 cm³/mol. The van der Waals surface area contributed by atoms with Crippen LogP contribution >= 0.6 is 11.3 Å². The minimum atomic E-state index is -3.63. The highest BCUT2D eigenvalue weighted by Gasteiger charge is 2.30. The van der Waals surface area contributed by atoms with Gasteiger partial charge in [-0.15, -0.1) is 0 Å². The SMILES string of the molecule is Cc1sc(=O)n(CC(=O)N2CCN(S(=O)(=O)c3ccc4ccccc4c3)CC2)c1C. The van der Waals surface area contributed by atoms with Crippen molar-refractivity contribution in [2.75, 3.05) is 26.2 Å². The minimum Gasteiger partial charge on any atom is -0.338 e. The number of fused-ring (bicyclic) bond motifs is 1. The maximum atomic E-state index is 13.1. The number of amides is 1. The van der Waals surface area contributed by atoms with Crippen molar-refractivity contribution in [2.24, 2.45) is 0 Å². The van der Waals surface area contributed by atoms with Crippen LogP contribution in [0, 0.1) is 13.8 Å². The zero-order valence-corrected chi connectivity index (χ0v) is 18.5. The molecule has 0 bridgehead atoms. The quantitative estimate of drug-likeness (QED) is 0.617. The van der Waals surface area contributed by atoms with E-state index in [1.54, 1.807) is 17.0 Å². The number of carbonyl (C=O) groups is 1. The lowest BCUT2D eigenvalue weighted by atomic mass is 10.1. The Morgan fingerprint density at radius 3 is 2.30 bits per heavy atom. The summed E-state index contributed by atoms with van der Waals surface area (Å²) in [6.45, 7) is 4.76. The van der Waals surface area contributed by atoms with Crippen molar-refractivity contribution in [1.82, 2.24) is 13.8 Å². The molecule has 0 atom stereocenters. The van der Waals surface area contributed by atoms with Crippen LogP contribution in [-0.2, 0) is 21.4 Å². The molecule has 158 valence electrons. The number of carbonyl (C=O) groups excluding carboxylic acids is 1. The third-order valence-corrected chi connectivity index (χ3v) is 8.51. The van der Waals surface area contributed by atoms with E-state index in [1.807, 2.05) is 44.2 Å². The van der Waals surface area contributed by atoms with Crippen LogP contribution in [0.25, 0.3) is 10.8 Å². The second-order valence-electron chi connectivity index (χ2n) is 7.39. The van der Waals surface area contributed by atoms with Crippen LogP contribution in [0.5, 0.6) is 0 Å². The van der Waals surface area contributed by atoms with Crippen molar-refractivity contribution in [3.63, 3.8) is 0 Å². The number of hydrogen-bond donors (Lipinski definition) is 0. The van der Waals surface area contributed by atoms with Gasteiger partial charge in [-0.25, -0.2) is 8.42 Å². The summed E-state index contributed by atoms with van der Waals surface area (Å²) in [5.74, 6) is -0.166. The standard InChI is InChI=1S/C21H23N3O4S2/c1-15-16(2)29-21(26)24(15)14-20(25)22-9-11-23(12-10-22)30(27,28)19-8-7-17-5-3-4-6-18(17)13-19/h3-8,13H,9-12,14H2,1-2H3. The second kappa shape index (κ2) is 7.98. The first-order chi connectivity index (χ1) is 14.3. The van der Waals surface area contributed by atoms with E-state index >= 15 is 0 Å². The van der Waals surface area contributed by atoms with Crippen molar-refractivity contribution in [1.29, 1.82) is 0 Å². The van der Waals surface area contributed by atoms with Crippen LogP contribution < -0.4 is 4.87 Å². The molecular weight excluding hydrogens is 422 g/mol. The lowest BCUT2D eigenvalue weighted by Crippen LogP contribution is -2.51. The third-order valence-electron chi connectivity index (χ3n) is 5.62. The molecule has 0 aliphatic carbocycles. The molecule has 0 N–H and O–H groups in total. The molecule has 0 radical (unpaired) electrons. The number of nitrogens with zero attached hydrogens (tertiary/aromatic N) is 3. The van der Waals surface area contributed by atoms with Gasteiger partial charge in [-0.3, -0.25) is 14.2 Å². The lowest BCUT2D eigenvalue weighted by molar-refractivity contribution is -0.133. The van der Waals surface area contributed by atoms with E-state index in [0.29, 0.717) is 13.1 Å². The number of sulfonamides is 1. The molecule has 7 nitrogen and oxygen atoms in total. The maximum absolute atomic E-state index is 13.1. The fourth-order valence-corrected chi connectivity index (χ4v) is 5.95. The van der Waals surface area contributed by atoms with Crippen LogP contribution in [0.4, 0.5) is 0 Å². The summed E-state index contributed by atoms with van der Waals surface area (Å²) < 4.78 is 29.0. The van der Waals surface area contributed by atoms with E-state index in [1.165, 1.54) is 8.87 Å². The molecule has 0 saturated carbocycles. The monoisotopic (exact) mass is 445 g/mol. The van der Waals surface area contributed by atoms with Gasteiger partial charge in [0.25, 0.3) is 0 Å². The first kappa shape index (κ1) is 20.8. The molecule has 0 unspecified atom stereocenters. The number of aromatic nitrogens is 1. The highest BCUT2D eigenvalue weighted by molar-refractivity contribution is 7.89. The van der Waals surface area contributed by atoms with Gasteiger partial charge in [0.05, 0.1) is 4.90 Å². The van der Waals surface area contributed by atoms with Crippen LogP contribution in [0.15, 0.2) is 52.2 Å².